The second-order valence-electron chi connectivity index (χ2n) is 11.5. The lowest BCUT2D eigenvalue weighted by atomic mass is 9.80. The van der Waals surface area contributed by atoms with Crippen molar-refractivity contribution in [2.24, 2.45) is 0 Å². The van der Waals surface area contributed by atoms with Crippen LogP contribution in [0.5, 0.6) is 0 Å². The molecule has 1 heteroatoms. The van der Waals surface area contributed by atoms with Gasteiger partial charge in [0.15, 0.2) is 0 Å². The quantitative estimate of drug-likeness (QED) is 0.187. The van der Waals surface area contributed by atoms with E-state index in [1.165, 1.54) is 85.9 Å². The minimum absolute atomic E-state index is 1.03. The van der Waals surface area contributed by atoms with Crippen molar-refractivity contribution in [3.8, 4) is 11.1 Å². The molecule has 0 atom stereocenters. The number of allylic oxidation sites excluding steroid dienone is 4. The van der Waals surface area contributed by atoms with Gasteiger partial charge in [0.25, 0.3) is 0 Å². The fraction of sp³-hybridized carbons (Fsp3) is 0.0476. The first kappa shape index (κ1) is 24.6. The zero-order valence-electron chi connectivity index (χ0n) is 23.7. The van der Waals surface area contributed by atoms with Crippen LogP contribution in [0.25, 0.3) is 74.8 Å². The maximum absolute atomic E-state index is 2.36. The molecule has 1 heterocycles. The number of rotatable bonds is 3. The van der Waals surface area contributed by atoms with Gasteiger partial charge in [-0.3, -0.25) is 0 Å². The minimum Gasteiger partial charge on any atom is -0.135 e. The monoisotopic (exact) mass is 564 g/mol. The van der Waals surface area contributed by atoms with Gasteiger partial charge in [0.2, 0.25) is 0 Å². The molecule has 7 aromatic carbocycles. The van der Waals surface area contributed by atoms with Crippen LogP contribution < -0.4 is 0 Å². The molecule has 0 fully saturated rings. The molecule has 0 unspecified atom stereocenters. The van der Waals surface area contributed by atoms with E-state index in [2.05, 4.69) is 146 Å². The highest BCUT2D eigenvalue weighted by molar-refractivity contribution is 7.26. The van der Waals surface area contributed by atoms with Gasteiger partial charge < -0.3 is 0 Å². The molecule has 202 valence electrons. The normalized spacial score (nSPS) is 13.7. The average molecular weight is 565 g/mol. The van der Waals surface area contributed by atoms with Crippen LogP contribution in [-0.4, -0.2) is 0 Å². The average Bonchev–Trinajstić information content (AvgIpc) is 3.46. The SMILES string of the molecule is C1=CC(c2ccc3ccccc3c2)=C(c2c3ccccc3c(-c3cccc4c3sc3ccccc34)c3ccccc23)CC1. The highest BCUT2D eigenvalue weighted by Crippen LogP contribution is 2.48. The first-order chi connectivity index (χ1) is 21.3. The lowest BCUT2D eigenvalue weighted by Crippen LogP contribution is -1.99. The van der Waals surface area contributed by atoms with E-state index in [9.17, 15) is 0 Å². The summed E-state index contributed by atoms with van der Waals surface area (Å²) in [6, 6.07) is 49.4. The molecule has 0 bridgehead atoms. The molecule has 1 aromatic heterocycles. The number of benzene rings is 7. The second kappa shape index (κ2) is 9.80. The molecule has 43 heavy (non-hydrogen) atoms. The van der Waals surface area contributed by atoms with Gasteiger partial charge in [0.05, 0.1) is 0 Å². The summed E-state index contributed by atoms with van der Waals surface area (Å²) in [7, 11) is 0. The van der Waals surface area contributed by atoms with Gasteiger partial charge in [-0.2, -0.15) is 0 Å². The Morgan fingerprint density at radius 3 is 1.88 bits per heavy atom. The largest absolute Gasteiger partial charge is 0.135 e. The third-order valence-corrected chi connectivity index (χ3v) is 10.4. The summed E-state index contributed by atoms with van der Waals surface area (Å²) in [5.41, 5.74) is 8.11. The van der Waals surface area contributed by atoms with Crippen LogP contribution >= 0.6 is 11.3 Å². The summed E-state index contributed by atoms with van der Waals surface area (Å²) >= 11 is 1.91. The third-order valence-electron chi connectivity index (χ3n) is 9.14. The molecule has 0 radical (unpaired) electrons. The predicted molar refractivity (Wildman–Crippen MR) is 189 cm³/mol. The molecule has 0 amide bonds. The summed E-state index contributed by atoms with van der Waals surface area (Å²) in [5, 5.41) is 10.6. The van der Waals surface area contributed by atoms with Crippen LogP contribution in [0.1, 0.15) is 24.0 Å². The third kappa shape index (κ3) is 3.82. The Labute approximate surface area is 254 Å². The zero-order chi connectivity index (χ0) is 28.3. The van der Waals surface area contributed by atoms with Crippen LogP contribution in [0.4, 0.5) is 0 Å². The van der Waals surface area contributed by atoms with E-state index in [-0.39, 0.29) is 0 Å². The van der Waals surface area contributed by atoms with E-state index < -0.39 is 0 Å². The standard InChI is InChI=1S/C42H28S/c1-2-13-28-26-29(25-24-27(28)12-1)30-14-3-4-16-32(30)40-33-17-5-7-19-35(33)41(36-20-8-6-18-34(36)40)38-22-11-21-37-31-15-9-10-23-39(31)43-42(37)38/h1-3,5-15,17-26H,4,16H2. The molecule has 0 saturated carbocycles. The van der Waals surface area contributed by atoms with Gasteiger partial charge in [0, 0.05) is 25.7 Å². The van der Waals surface area contributed by atoms with Crippen molar-refractivity contribution in [1.82, 2.24) is 0 Å². The molecule has 0 aliphatic heterocycles. The van der Waals surface area contributed by atoms with Gasteiger partial charge in [0.1, 0.15) is 0 Å². The van der Waals surface area contributed by atoms with Crippen LogP contribution in [0.2, 0.25) is 0 Å². The van der Waals surface area contributed by atoms with Crippen molar-refractivity contribution in [3.05, 3.63) is 157 Å². The fourth-order valence-electron chi connectivity index (χ4n) is 7.24. The Balaban J connectivity index is 1.39. The Kier molecular flexibility index (Phi) is 5.61. The minimum atomic E-state index is 1.03. The number of thiophene rings is 1. The number of hydrogen-bond donors (Lipinski definition) is 0. The predicted octanol–water partition coefficient (Wildman–Crippen LogP) is 12.4. The highest BCUT2D eigenvalue weighted by Gasteiger charge is 2.22. The van der Waals surface area contributed by atoms with Gasteiger partial charge in [-0.25, -0.2) is 0 Å². The lowest BCUT2D eigenvalue weighted by Gasteiger charge is -2.23. The highest BCUT2D eigenvalue weighted by atomic mass is 32.1. The van der Waals surface area contributed by atoms with E-state index in [0.717, 1.165) is 12.8 Å². The zero-order valence-corrected chi connectivity index (χ0v) is 24.5. The van der Waals surface area contributed by atoms with Gasteiger partial charge in [-0.05, 0) is 85.1 Å². The Hall–Kier alpha value is -4.98. The smallest absolute Gasteiger partial charge is 0.0434 e. The van der Waals surface area contributed by atoms with Gasteiger partial charge in [-0.1, -0.05) is 133 Å². The molecular weight excluding hydrogens is 537 g/mol. The lowest BCUT2D eigenvalue weighted by molar-refractivity contribution is 1.06. The molecule has 0 nitrogen and oxygen atoms in total. The van der Waals surface area contributed by atoms with E-state index in [1.54, 1.807) is 0 Å². The molecule has 1 aliphatic rings. The van der Waals surface area contributed by atoms with Gasteiger partial charge >= 0.3 is 0 Å². The van der Waals surface area contributed by atoms with Crippen molar-refractivity contribution in [1.29, 1.82) is 0 Å². The fourth-order valence-corrected chi connectivity index (χ4v) is 8.46. The summed E-state index contributed by atoms with van der Waals surface area (Å²) in [6.07, 6.45) is 6.78. The summed E-state index contributed by atoms with van der Waals surface area (Å²) in [6.45, 7) is 0. The van der Waals surface area contributed by atoms with Crippen LogP contribution in [-0.2, 0) is 0 Å². The van der Waals surface area contributed by atoms with E-state index in [1.807, 2.05) is 11.3 Å². The van der Waals surface area contributed by atoms with Crippen LogP contribution in [0, 0.1) is 0 Å². The molecule has 1 aliphatic carbocycles. The van der Waals surface area contributed by atoms with Crippen molar-refractivity contribution < 1.29 is 0 Å². The maximum atomic E-state index is 2.36. The van der Waals surface area contributed by atoms with E-state index in [0.29, 0.717) is 0 Å². The first-order valence-corrected chi connectivity index (χ1v) is 15.9. The van der Waals surface area contributed by atoms with E-state index >= 15 is 0 Å². The molecule has 0 saturated heterocycles. The maximum Gasteiger partial charge on any atom is 0.0434 e. The van der Waals surface area contributed by atoms with Crippen LogP contribution in [0.3, 0.4) is 0 Å². The van der Waals surface area contributed by atoms with Gasteiger partial charge in [-0.15, -0.1) is 11.3 Å². The van der Waals surface area contributed by atoms with Crippen molar-refractivity contribution >= 4 is 75.0 Å². The van der Waals surface area contributed by atoms with Crippen LogP contribution in [0.15, 0.2) is 146 Å². The van der Waals surface area contributed by atoms with Crippen molar-refractivity contribution in [3.63, 3.8) is 0 Å². The Morgan fingerprint density at radius 1 is 0.488 bits per heavy atom. The first-order valence-electron chi connectivity index (χ1n) is 15.1. The molecular formula is C42H28S. The van der Waals surface area contributed by atoms with E-state index in [4.69, 9.17) is 0 Å². The van der Waals surface area contributed by atoms with Crippen molar-refractivity contribution in [2.45, 2.75) is 12.8 Å². The summed E-state index contributed by atoms with van der Waals surface area (Å²) < 4.78 is 2.71. The summed E-state index contributed by atoms with van der Waals surface area (Å²) in [4.78, 5) is 0. The molecule has 0 spiro atoms. The molecule has 0 N–H and O–H groups in total. The second-order valence-corrected chi connectivity index (χ2v) is 12.6. The Bertz CT molecular complexity index is 2390. The Morgan fingerprint density at radius 2 is 1.12 bits per heavy atom. The molecule has 9 rings (SSSR count). The summed E-state index contributed by atoms with van der Waals surface area (Å²) in [5.74, 6) is 0. The molecule has 8 aromatic rings. The number of hydrogen-bond acceptors (Lipinski definition) is 1. The number of fused-ring (bicyclic) bond motifs is 6. The van der Waals surface area contributed by atoms with Crippen molar-refractivity contribution in [2.75, 3.05) is 0 Å². The topological polar surface area (TPSA) is 0 Å².